The molecule has 0 saturated heterocycles. The van der Waals surface area contributed by atoms with Crippen molar-refractivity contribution < 1.29 is 4.79 Å². The Hall–Kier alpha value is -0.730. The van der Waals surface area contributed by atoms with Gasteiger partial charge in [0.15, 0.2) is 0 Å². The Morgan fingerprint density at radius 1 is 1.33 bits per heavy atom. The lowest BCUT2D eigenvalue weighted by Crippen LogP contribution is -2.42. The molecule has 1 aliphatic carbocycles. The van der Waals surface area contributed by atoms with Gasteiger partial charge in [0.25, 0.3) is 0 Å². The van der Waals surface area contributed by atoms with Gasteiger partial charge in [0.1, 0.15) is 0 Å². The third-order valence-electron chi connectivity index (χ3n) is 2.93. The van der Waals surface area contributed by atoms with Crippen LogP contribution in [0.15, 0.2) is 0 Å². The maximum absolute atomic E-state index is 11.4. The molecule has 1 rings (SSSR count). The van der Waals surface area contributed by atoms with Crippen LogP contribution < -0.4 is 10.6 Å². The molecule has 0 spiro atoms. The van der Waals surface area contributed by atoms with Crippen molar-refractivity contribution in [1.82, 2.24) is 10.6 Å². The fourth-order valence-corrected chi connectivity index (χ4v) is 1.68. The molecule has 0 heterocycles. The van der Waals surface area contributed by atoms with E-state index >= 15 is 0 Å². The smallest absolute Gasteiger partial charge is 0.315 e. The van der Waals surface area contributed by atoms with Gasteiger partial charge in [0.05, 0.1) is 0 Å². The summed E-state index contributed by atoms with van der Waals surface area (Å²) in [4.78, 5) is 11.4. The van der Waals surface area contributed by atoms with Gasteiger partial charge in [-0.2, -0.15) is 0 Å². The third-order valence-corrected chi connectivity index (χ3v) is 2.93. The average molecular weight is 212 g/mol. The van der Waals surface area contributed by atoms with Crippen molar-refractivity contribution in [3.8, 4) is 0 Å². The van der Waals surface area contributed by atoms with Gasteiger partial charge >= 0.3 is 6.03 Å². The Labute approximate surface area is 93.0 Å². The van der Waals surface area contributed by atoms with Crippen molar-refractivity contribution in [1.29, 1.82) is 0 Å². The van der Waals surface area contributed by atoms with Gasteiger partial charge in [0, 0.05) is 12.6 Å². The van der Waals surface area contributed by atoms with E-state index in [4.69, 9.17) is 0 Å². The first-order valence-corrected chi connectivity index (χ1v) is 6.14. The monoisotopic (exact) mass is 212 g/mol. The molecule has 2 amide bonds. The summed E-state index contributed by atoms with van der Waals surface area (Å²) in [5.41, 5.74) is 0. The van der Waals surface area contributed by atoms with E-state index in [1.807, 2.05) is 0 Å². The second-order valence-electron chi connectivity index (χ2n) is 5.06. The Kier molecular flexibility index (Phi) is 4.92. The van der Waals surface area contributed by atoms with Crippen LogP contribution in [0.5, 0.6) is 0 Å². The first-order valence-electron chi connectivity index (χ1n) is 6.14. The molecule has 0 aromatic rings. The topological polar surface area (TPSA) is 41.1 Å². The molecule has 0 aliphatic heterocycles. The van der Waals surface area contributed by atoms with Crippen LogP contribution in [0.2, 0.25) is 0 Å². The third kappa shape index (κ3) is 5.65. The van der Waals surface area contributed by atoms with Crippen LogP contribution in [-0.2, 0) is 0 Å². The zero-order valence-electron chi connectivity index (χ0n) is 10.2. The van der Waals surface area contributed by atoms with Gasteiger partial charge in [0.2, 0.25) is 0 Å². The Balaban J connectivity index is 1.97. The van der Waals surface area contributed by atoms with Gasteiger partial charge in [-0.25, -0.2) is 4.79 Å². The van der Waals surface area contributed by atoms with E-state index in [1.165, 1.54) is 19.3 Å². The second kappa shape index (κ2) is 5.99. The van der Waals surface area contributed by atoms with Crippen LogP contribution in [0.25, 0.3) is 0 Å². The SMILES string of the molecule is CC(C)CCCNC(=O)NC(C)C1CC1. The average Bonchev–Trinajstić information content (AvgIpc) is 2.94. The number of hydrogen-bond acceptors (Lipinski definition) is 1. The predicted octanol–water partition coefficient (Wildman–Crippen LogP) is 2.52. The quantitative estimate of drug-likeness (QED) is 0.653. The maximum atomic E-state index is 11.4. The summed E-state index contributed by atoms with van der Waals surface area (Å²) >= 11 is 0. The molecule has 1 unspecified atom stereocenters. The number of urea groups is 1. The maximum Gasteiger partial charge on any atom is 0.315 e. The summed E-state index contributed by atoms with van der Waals surface area (Å²) in [6.45, 7) is 7.29. The summed E-state index contributed by atoms with van der Waals surface area (Å²) in [6.07, 6.45) is 4.80. The Morgan fingerprint density at radius 2 is 2.00 bits per heavy atom. The molecule has 1 atom stereocenters. The molecule has 1 aliphatic rings. The van der Waals surface area contributed by atoms with Gasteiger partial charge in [-0.3, -0.25) is 0 Å². The minimum Gasteiger partial charge on any atom is -0.338 e. The number of rotatable bonds is 6. The van der Waals surface area contributed by atoms with Crippen molar-refractivity contribution in [3.05, 3.63) is 0 Å². The van der Waals surface area contributed by atoms with Crippen LogP contribution >= 0.6 is 0 Å². The lowest BCUT2D eigenvalue weighted by molar-refractivity contribution is 0.236. The Bertz CT molecular complexity index is 200. The van der Waals surface area contributed by atoms with Crippen LogP contribution in [0.3, 0.4) is 0 Å². The number of carbonyl (C=O) groups is 1. The van der Waals surface area contributed by atoms with Gasteiger partial charge in [-0.1, -0.05) is 13.8 Å². The van der Waals surface area contributed by atoms with E-state index in [0.717, 1.165) is 24.8 Å². The summed E-state index contributed by atoms with van der Waals surface area (Å²) < 4.78 is 0. The molecule has 0 aromatic heterocycles. The standard InChI is InChI=1S/C12H24N2O/c1-9(2)5-4-8-13-12(15)14-10(3)11-6-7-11/h9-11H,4-8H2,1-3H3,(H2,13,14,15). The molecule has 3 nitrogen and oxygen atoms in total. The molecule has 2 N–H and O–H groups in total. The van der Waals surface area contributed by atoms with E-state index < -0.39 is 0 Å². The largest absolute Gasteiger partial charge is 0.338 e. The molecule has 1 fully saturated rings. The molecule has 3 heteroatoms. The van der Waals surface area contributed by atoms with Crippen LogP contribution in [0.1, 0.15) is 46.5 Å². The van der Waals surface area contributed by atoms with Crippen LogP contribution in [0.4, 0.5) is 4.79 Å². The van der Waals surface area contributed by atoms with Crippen LogP contribution in [0, 0.1) is 11.8 Å². The summed E-state index contributed by atoms with van der Waals surface area (Å²) in [5, 5.41) is 5.88. The van der Waals surface area contributed by atoms with E-state index in [-0.39, 0.29) is 6.03 Å². The molecule has 15 heavy (non-hydrogen) atoms. The highest BCUT2D eigenvalue weighted by atomic mass is 16.2. The highest BCUT2D eigenvalue weighted by molar-refractivity contribution is 5.74. The number of hydrogen-bond donors (Lipinski definition) is 2. The van der Waals surface area contributed by atoms with Crippen molar-refractivity contribution in [2.24, 2.45) is 11.8 Å². The molecule has 1 saturated carbocycles. The van der Waals surface area contributed by atoms with E-state index in [9.17, 15) is 4.79 Å². The Morgan fingerprint density at radius 3 is 2.53 bits per heavy atom. The van der Waals surface area contributed by atoms with Crippen molar-refractivity contribution in [3.63, 3.8) is 0 Å². The molecule has 0 aromatic carbocycles. The van der Waals surface area contributed by atoms with E-state index in [2.05, 4.69) is 31.4 Å². The zero-order valence-corrected chi connectivity index (χ0v) is 10.2. The van der Waals surface area contributed by atoms with E-state index in [0.29, 0.717) is 6.04 Å². The van der Waals surface area contributed by atoms with Gasteiger partial charge in [-0.05, 0) is 44.4 Å². The highest BCUT2D eigenvalue weighted by Crippen LogP contribution is 2.32. The molecular weight excluding hydrogens is 188 g/mol. The normalized spacial score (nSPS) is 17.6. The van der Waals surface area contributed by atoms with Crippen molar-refractivity contribution in [2.75, 3.05) is 6.54 Å². The summed E-state index contributed by atoms with van der Waals surface area (Å²) in [5.74, 6) is 1.45. The van der Waals surface area contributed by atoms with Crippen LogP contribution in [-0.4, -0.2) is 18.6 Å². The van der Waals surface area contributed by atoms with Crippen molar-refractivity contribution >= 4 is 6.03 Å². The van der Waals surface area contributed by atoms with Gasteiger partial charge in [-0.15, -0.1) is 0 Å². The fraction of sp³-hybridized carbons (Fsp3) is 0.917. The van der Waals surface area contributed by atoms with Gasteiger partial charge < -0.3 is 10.6 Å². The highest BCUT2D eigenvalue weighted by Gasteiger charge is 2.28. The second-order valence-corrected chi connectivity index (χ2v) is 5.06. The lowest BCUT2D eigenvalue weighted by atomic mass is 10.1. The summed E-state index contributed by atoms with van der Waals surface area (Å²) in [7, 11) is 0. The first-order chi connectivity index (χ1) is 7.09. The zero-order chi connectivity index (χ0) is 11.3. The lowest BCUT2D eigenvalue weighted by Gasteiger charge is -2.13. The van der Waals surface area contributed by atoms with E-state index in [1.54, 1.807) is 0 Å². The molecule has 88 valence electrons. The number of nitrogens with one attached hydrogen (secondary N) is 2. The fourth-order valence-electron chi connectivity index (χ4n) is 1.68. The molecule has 0 bridgehead atoms. The summed E-state index contributed by atoms with van der Waals surface area (Å²) in [6, 6.07) is 0.341. The molecule has 0 radical (unpaired) electrons. The predicted molar refractivity (Wildman–Crippen MR) is 62.8 cm³/mol. The minimum atomic E-state index is -0.00171. The minimum absolute atomic E-state index is 0.00171. The number of carbonyl (C=O) groups excluding carboxylic acids is 1. The first kappa shape index (κ1) is 12.3. The molecular formula is C12H24N2O. The van der Waals surface area contributed by atoms with Crippen molar-refractivity contribution in [2.45, 2.75) is 52.5 Å². The number of amides is 2.